The number of carbonyl (C=O) groups excluding carboxylic acids is 3. The Morgan fingerprint density at radius 3 is 2.60 bits per heavy atom. The van der Waals surface area contributed by atoms with Crippen LogP contribution < -0.4 is 9.47 Å². The number of likely N-dealkylation sites (tertiary alicyclic amines) is 1. The highest BCUT2D eigenvalue weighted by Crippen LogP contribution is 2.42. The number of aliphatic hydroxyl groups excluding tert-OH is 1. The zero-order chi connectivity index (χ0) is 28.8. The van der Waals surface area contributed by atoms with E-state index in [1.54, 1.807) is 15.9 Å². The van der Waals surface area contributed by atoms with E-state index < -0.39 is 29.9 Å². The summed E-state index contributed by atoms with van der Waals surface area (Å²) in [7, 11) is 1.45. The van der Waals surface area contributed by atoms with E-state index in [1.165, 1.54) is 7.05 Å². The number of nitrogens with zero attached hydrogens (tertiary/aromatic N) is 4. The van der Waals surface area contributed by atoms with Crippen LogP contribution in [0.1, 0.15) is 50.5 Å². The maximum Gasteiger partial charge on any atom is 0.326 e. The lowest BCUT2D eigenvalue weighted by Crippen LogP contribution is -2.52. The minimum atomic E-state index is -0.969. The van der Waals surface area contributed by atoms with Gasteiger partial charge in [-0.25, -0.2) is 4.79 Å². The van der Waals surface area contributed by atoms with Gasteiger partial charge in [0.05, 0.1) is 12.5 Å². The highest BCUT2D eigenvalue weighted by Gasteiger charge is 2.47. The van der Waals surface area contributed by atoms with Gasteiger partial charge in [-0.1, -0.05) is 19.4 Å². The molecule has 3 atom stereocenters. The van der Waals surface area contributed by atoms with Crippen LogP contribution in [0.25, 0.3) is 0 Å². The standard InChI is InChI=1S/C28H40N4O8/c1-3-4-10-30(11-5-14-33)25(35)17-32-16-20(19-6-7-22-23(15-19)40-18-39-22)26(27(36)37)21(32)8-12-31-13-9-24(34)29(2)28(31)38/h6-7,15,20-21,26,33H,3-5,8-14,16-18H2,1-2H3,(H,36,37)/t20-,21+,26-/m1/s1. The molecule has 12 heteroatoms. The van der Waals surface area contributed by atoms with Gasteiger partial charge in [0, 0.05) is 64.8 Å². The molecular formula is C28H40N4O8. The van der Waals surface area contributed by atoms with E-state index in [-0.39, 0.29) is 51.3 Å². The molecule has 0 aliphatic carbocycles. The number of imide groups is 1. The Kier molecular flexibility index (Phi) is 9.85. The van der Waals surface area contributed by atoms with Crippen molar-refractivity contribution >= 4 is 23.8 Å². The van der Waals surface area contributed by atoms with E-state index in [0.717, 1.165) is 23.3 Å². The molecule has 0 saturated carbocycles. The molecule has 0 unspecified atom stereocenters. The second-order valence-corrected chi connectivity index (χ2v) is 10.7. The fraction of sp³-hybridized carbons (Fsp3) is 0.643. The van der Waals surface area contributed by atoms with Crippen molar-refractivity contribution in [3.63, 3.8) is 0 Å². The largest absolute Gasteiger partial charge is 0.481 e. The molecule has 12 nitrogen and oxygen atoms in total. The van der Waals surface area contributed by atoms with Crippen LogP contribution in [0.3, 0.4) is 0 Å². The summed E-state index contributed by atoms with van der Waals surface area (Å²) in [6.45, 7) is 4.09. The Bertz CT molecular complexity index is 1090. The van der Waals surface area contributed by atoms with Crippen molar-refractivity contribution in [3.8, 4) is 11.5 Å². The van der Waals surface area contributed by atoms with Gasteiger partial charge in [-0.15, -0.1) is 0 Å². The van der Waals surface area contributed by atoms with Crippen molar-refractivity contribution < 1.29 is 38.9 Å². The molecule has 0 aromatic heterocycles. The molecule has 3 heterocycles. The van der Waals surface area contributed by atoms with Crippen LogP contribution in [0.5, 0.6) is 11.5 Å². The van der Waals surface area contributed by atoms with Gasteiger partial charge in [-0.2, -0.15) is 0 Å². The van der Waals surface area contributed by atoms with Crippen LogP contribution in [-0.4, -0.2) is 119 Å². The molecule has 3 aliphatic rings. The molecule has 4 rings (SSSR count). The summed E-state index contributed by atoms with van der Waals surface area (Å²) in [6.07, 6.45) is 2.78. The summed E-state index contributed by atoms with van der Waals surface area (Å²) in [5, 5.41) is 19.8. The van der Waals surface area contributed by atoms with Crippen LogP contribution >= 0.6 is 0 Å². The first-order valence-electron chi connectivity index (χ1n) is 14.1. The average Bonchev–Trinajstić information content (AvgIpc) is 3.55. The van der Waals surface area contributed by atoms with Crippen molar-refractivity contribution in [2.24, 2.45) is 5.92 Å². The van der Waals surface area contributed by atoms with Crippen molar-refractivity contribution in [1.82, 2.24) is 19.6 Å². The Balaban J connectivity index is 1.58. The zero-order valence-electron chi connectivity index (χ0n) is 23.3. The van der Waals surface area contributed by atoms with Gasteiger partial charge >= 0.3 is 12.0 Å². The van der Waals surface area contributed by atoms with Gasteiger partial charge in [0.15, 0.2) is 11.5 Å². The second kappa shape index (κ2) is 13.3. The van der Waals surface area contributed by atoms with E-state index in [1.807, 2.05) is 24.0 Å². The number of benzene rings is 1. The number of urea groups is 1. The molecule has 4 amide bonds. The number of hydrogen-bond acceptors (Lipinski definition) is 8. The molecule has 1 aromatic carbocycles. The summed E-state index contributed by atoms with van der Waals surface area (Å²) in [5.41, 5.74) is 0.791. The van der Waals surface area contributed by atoms with Crippen LogP contribution in [0.15, 0.2) is 18.2 Å². The Hall–Kier alpha value is -3.38. The first-order valence-corrected chi connectivity index (χ1v) is 14.1. The number of unbranched alkanes of at least 4 members (excludes halogenated alkanes) is 1. The van der Waals surface area contributed by atoms with E-state index in [0.29, 0.717) is 44.0 Å². The highest BCUT2D eigenvalue weighted by molar-refractivity contribution is 5.96. The third-order valence-corrected chi connectivity index (χ3v) is 8.14. The normalized spacial score (nSPS) is 22.7. The summed E-state index contributed by atoms with van der Waals surface area (Å²) >= 11 is 0. The van der Waals surface area contributed by atoms with Crippen molar-refractivity contribution in [2.75, 3.05) is 59.7 Å². The summed E-state index contributed by atoms with van der Waals surface area (Å²) < 4.78 is 11.0. The summed E-state index contributed by atoms with van der Waals surface area (Å²) in [6, 6.07) is 4.53. The fourth-order valence-electron chi connectivity index (χ4n) is 5.89. The third-order valence-electron chi connectivity index (χ3n) is 8.14. The maximum atomic E-state index is 13.5. The summed E-state index contributed by atoms with van der Waals surface area (Å²) in [4.78, 5) is 57.2. The smallest absolute Gasteiger partial charge is 0.326 e. The number of hydrogen-bond donors (Lipinski definition) is 2. The average molecular weight is 561 g/mol. The van der Waals surface area contributed by atoms with Crippen LogP contribution in [-0.2, 0) is 14.4 Å². The Morgan fingerprint density at radius 1 is 1.12 bits per heavy atom. The van der Waals surface area contributed by atoms with Gasteiger partial charge in [0.1, 0.15) is 0 Å². The molecule has 0 bridgehead atoms. The lowest BCUT2D eigenvalue weighted by Gasteiger charge is -2.34. The minimum absolute atomic E-state index is 0.0175. The van der Waals surface area contributed by atoms with Gasteiger partial charge in [0.25, 0.3) is 0 Å². The zero-order valence-corrected chi connectivity index (χ0v) is 23.3. The third kappa shape index (κ3) is 6.49. The van der Waals surface area contributed by atoms with Gasteiger partial charge in [-0.05, 0) is 37.0 Å². The van der Waals surface area contributed by atoms with Crippen molar-refractivity contribution in [2.45, 2.75) is 51.0 Å². The topological polar surface area (TPSA) is 140 Å². The lowest BCUT2D eigenvalue weighted by molar-refractivity contribution is -0.144. The molecule has 1 aromatic rings. The number of fused-ring (bicyclic) bond motifs is 1. The monoisotopic (exact) mass is 560 g/mol. The number of aliphatic hydroxyl groups is 1. The number of ether oxygens (including phenoxy) is 2. The second-order valence-electron chi connectivity index (χ2n) is 10.7. The summed E-state index contributed by atoms with van der Waals surface area (Å²) in [5.74, 6) is -1.38. The number of carboxylic acids is 1. The van der Waals surface area contributed by atoms with Crippen molar-refractivity contribution in [1.29, 1.82) is 0 Å². The van der Waals surface area contributed by atoms with E-state index in [9.17, 15) is 29.4 Å². The molecule has 0 radical (unpaired) electrons. The van der Waals surface area contributed by atoms with Gasteiger partial charge in [0.2, 0.25) is 18.6 Å². The molecule has 3 aliphatic heterocycles. The van der Waals surface area contributed by atoms with Crippen LogP contribution in [0.4, 0.5) is 4.79 Å². The molecule has 40 heavy (non-hydrogen) atoms. The first kappa shape index (κ1) is 29.6. The first-order chi connectivity index (χ1) is 19.2. The van der Waals surface area contributed by atoms with E-state index >= 15 is 0 Å². The minimum Gasteiger partial charge on any atom is -0.481 e. The number of aliphatic carboxylic acids is 1. The lowest BCUT2D eigenvalue weighted by atomic mass is 9.84. The van der Waals surface area contributed by atoms with Crippen molar-refractivity contribution in [3.05, 3.63) is 23.8 Å². The predicted molar refractivity (Wildman–Crippen MR) is 144 cm³/mol. The quantitative estimate of drug-likeness (QED) is 0.368. The number of carbonyl (C=O) groups is 4. The van der Waals surface area contributed by atoms with E-state index in [2.05, 4.69) is 0 Å². The Labute approximate surface area is 234 Å². The number of amides is 4. The molecule has 2 fully saturated rings. The number of rotatable bonds is 13. The van der Waals surface area contributed by atoms with Crippen LogP contribution in [0.2, 0.25) is 0 Å². The molecule has 220 valence electrons. The molecular weight excluding hydrogens is 520 g/mol. The van der Waals surface area contributed by atoms with E-state index in [4.69, 9.17) is 9.47 Å². The van der Waals surface area contributed by atoms with Crippen LogP contribution in [0, 0.1) is 5.92 Å². The van der Waals surface area contributed by atoms with Gasteiger partial charge in [-0.3, -0.25) is 24.2 Å². The SMILES string of the molecule is CCCCN(CCCO)C(=O)CN1C[C@H](c2ccc3c(c2)OCO3)[C@@H](C(=O)O)[C@@H]1CCN1CCC(=O)N(C)C1=O. The molecule has 2 saturated heterocycles. The molecule has 0 spiro atoms. The maximum absolute atomic E-state index is 13.5. The molecule has 2 N–H and O–H groups in total. The van der Waals surface area contributed by atoms with Gasteiger partial charge < -0.3 is 29.5 Å². The highest BCUT2D eigenvalue weighted by atomic mass is 16.7. The predicted octanol–water partition coefficient (Wildman–Crippen LogP) is 1.57. The number of carboxylic acid groups (broad SMARTS) is 1. The fourth-order valence-corrected chi connectivity index (χ4v) is 5.89. The Morgan fingerprint density at radius 2 is 1.88 bits per heavy atom.